The summed E-state index contributed by atoms with van der Waals surface area (Å²) in [5, 5.41) is 9.17. The van der Waals surface area contributed by atoms with Gasteiger partial charge in [-0.05, 0) is 25.3 Å². The van der Waals surface area contributed by atoms with E-state index in [-0.39, 0.29) is 18.5 Å². The molecule has 1 aromatic rings. The number of rotatable bonds is 9. The van der Waals surface area contributed by atoms with Crippen molar-refractivity contribution in [1.29, 1.82) is 0 Å². The van der Waals surface area contributed by atoms with Crippen LogP contribution < -0.4 is 5.73 Å². The second-order valence-corrected chi connectivity index (χ2v) is 5.15. The fraction of sp³-hybridized carbons (Fsp3) is 0.625. The minimum absolute atomic E-state index is 0.144. The van der Waals surface area contributed by atoms with E-state index in [1.54, 1.807) is 12.1 Å². The standard InChI is InChI=1S/C16H27FN2O/c1-3-13(4-2)19(11-12-20)10-9-16(18)14-7-5-6-8-15(14)17/h5-8,13,16,20H,3-4,9-12,18H2,1-2H3. The van der Waals surface area contributed by atoms with E-state index in [0.29, 0.717) is 24.6 Å². The van der Waals surface area contributed by atoms with E-state index in [1.807, 2.05) is 6.07 Å². The molecule has 1 rings (SSSR count). The molecule has 1 aromatic carbocycles. The quantitative estimate of drug-likeness (QED) is 0.732. The van der Waals surface area contributed by atoms with Gasteiger partial charge in [-0.1, -0.05) is 32.0 Å². The Morgan fingerprint density at radius 1 is 1.20 bits per heavy atom. The van der Waals surface area contributed by atoms with Crippen LogP contribution in [0.1, 0.15) is 44.7 Å². The Hall–Kier alpha value is -0.970. The molecule has 0 aliphatic heterocycles. The first-order valence-corrected chi connectivity index (χ1v) is 7.48. The first-order chi connectivity index (χ1) is 9.63. The normalized spacial score (nSPS) is 13.2. The van der Waals surface area contributed by atoms with Gasteiger partial charge in [0.2, 0.25) is 0 Å². The predicted molar refractivity (Wildman–Crippen MR) is 81.0 cm³/mol. The van der Waals surface area contributed by atoms with Gasteiger partial charge in [-0.25, -0.2) is 4.39 Å². The summed E-state index contributed by atoms with van der Waals surface area (Å²) in [6.07, 6.45) is 2.79. The summed E-state index contributed by atoms with van der Waals surface area (Å²) in [4.78, 5) is 2.25. The minimum atomic E-state index is -0.299. The maximum absolute atomic E-state index is 13.7. The van der Waals surface area contributed by atoms with Crippen molar-refractivity contribution in [3.8, 4) is 0 Å². The molecule has 0 radical (unpaired) electrons. The summed E-state index contributed by atoms with van der Waals surface area (Å²) < 4.78 is 13.7. The fourth-order valence-corrected chi connectivity index (χ4v) is 2.65. The zero-order chi connectivity index (χ0) is 15.0. The lowest BCUT2D eigenvalue weighted by Gasteiger charge is -2.30. The van der Waals surface area contributed by atoms with Crippen LogP contribution >= 0.6 is 0 Å². The van der Waals surface area contributed by atoms with Crippen LogP contribution in [0, 0.1) is 5.82 Å². The van der Waals surface area contributed by atoms with Crippen molar-refractivity contribution in [2.45, 2.75) is 45.2 Å². The minimum Gasteiger partial charge on any atom is -0.395 e. The third-order valence-electron chi connectivity index (χ3n) is 3.88. The average molecular weight is 282 g/mol. The highest BCUT2D eigenvalue weighted by Gasteiger charge is 2.17. The first kappa shape index (κ1) is 17.1. The molecule has 4 heteroatoms. The van der Waals surface area contributed by atoms with E-state index in [2.05, 4.69) is 18.7 Å². The molecular formula is C16H27FN2O. The number of hydrogen-bond donors (Lipinski definition) is 2. The molecule has 0 amide bonds. The molecule has 3 N–H and O–H groups in total. The average Bonchev–Trinajstić information content (AvgIpc) is 2.46. The zero-order valence-electron chi connectivity index (χ0n) is 12.6. The van der Waals surface area contributed by atoms with Crippen molar-refractivity contribution in [2.75, 3.05) is 19.7 Å². The lowest BCUT2D eigenvalue weighted by atomic mass is 10.0. The smallest absolute Gasteiger partial charge is 0.127 e. The topological polar surface area (TPSA) is 49.5 Å². The van der Waals surface area contributed by atoms with Crippen molar-refractivity contribution in [3.63, 3.8) is 0 Å². The Bertz CT molecular complexity index is 382. The van der Waals surface area contributed by atoms with E-state index in [0.717, 1.165) is 19.4 Å². The van der Waals surface area contributed by atoms with E-state index >= 15 is 0 Å². The lowest BCUT2D eigenvalue weighted by molar-refractivity contribution is 0.139. The summed E-state index contributed by atoms with van der Waals surface area (Å²) in [6.45, 7) is 5.87. The van der Waals surface area contributed by atoms with E-state index in [9.17, 15) is 9.50 Å². The van der Waals surface area contributed by atoms with Gasteiger partial charge in [0.15, 0.2) is 0 Å². The highest BCUT2D eigenvalue weighted by atomic mass is 19.1. The van der Waals surface area contributed by atoms with Gasteiger partial charge < -0.3 is 10.8 Å². The van der Waals surface area contributed by atoms with Gasteiger partial charge in [-0.3, -0.25) is 4.90 Å². The molecular weight excluding hydrogens is 255 g/mol. The summed E-state index contributed by atoms with van der Waals surface area (Å²) >= 11 is 0. The molecule has 0 saturated carbocycles. The Morgan fingerprint density at radius 2 is 1.85 bits per heavy atom. The van der Waals surface area contributed by atoms with Gasteiger partial charge in [0.1, 0.15) is 5.82 Å². The third-order valence-corrected chi connectivity index (χ3v) is 3.88. The third kappa shape index (κ3) is 4.85. The van der Waals surface area contributed by atoms with Crippen molar-refractivity contribution in [2.24, 2.45) is 5.73 Å². The van der Waals surface area contributed by atoms with Gasteiger partial charge in [-0.15, -0.1) is 0 Å². The Balaban J connectivity index is 2.60. The number of aliphatic hydroxyl groups is 1. The van der Waals surface area contributed by atoms with Gasteiger partial charge in [0.05, 0.1) is 6.61 Å². The van der Waals surface area contributed by atoms with Crippen molar-refractivity contribution in [1.82, 2.24) is 4.90 Å². The molecule has 0 aliphatic carbocycles. The number of hydrogen-bond acceptors (Lipinski definition) is 3. The molecule has 0 aliphatic rings. The molecule has 0 heterocycles. The Morgan fingerprint density at radius 3 is 2.40 bits per heavy atom. The molecule has 0 bridgehead atoms. The Kier molecular flexibility index (Phi) is 7.73. The number of halogens is 1. The van der Waals surface area contributed by atoms with E-state index in [4.69, 9.17) is 5.73 Å². The maximum atomic E-state index is 13.7. The summed E-state index contributed by atoms with van der Waals surface area (Å²) in [5.74, 6) is -0.240. The van der Waals surface area contributed by atoms with Crippen molar-refractivity contribution in [3.05, 3.63) is 35.6 Å². The van der Waals surface area contributed by atoms with Crippen LogP contribution in [0.15, 0.2) is 24.3 Å². The summed E-state index contributed by atoms with van der Waals surface area (Å²) in [6, 6.07) is 6.83. The molecule has 20 heavy (non-hydrogen) atoms. The van der Waals surface area contributed by atoms with Crippen LogP contribution in [0.25, 0.3) is 0 Å². The SMILES string of the molecule is CCC(CC)N(CCO)CCC(N)c1ccccc1F. The van der Waals surface area contributed by atoms with Crippen LogP contribution in [-0.2, 0) is 0 Å². The first-order valence-electron chi connectivity index (χ1n) is 7.48. The van der Waals surface area contributed by atoms with Gasteiger partial charge >= 0.3 is 0 Å². The van der Waals surface area contributed by atoms with Crippen molar-refractivity contribution < 1.29 is 9.50 Å². The monoisotopic (exact) mass is 282 g/mol. The van der Waals surface area contributed by atoms with Crippen molar-refractivity contribution >= 4 is 0 Å². The molecule has 0 aromatic heterocycles. The Labute approximate surface area is 121 Å². The van der Waals surface area contributed by atoms with E-state index < -0.39 is 0 Å². The summed E-state index contributed by atoms with van der Waals surface area (Å²) in [7, 11) is 0. The number of nitrogens with zero attached hydrogens (tertiary/aromatic N) is 1. The molecule has 0 fully saturated rings. The number of nitrogens with two attached hydrogens (primary N) is 1. The molecule has 1 atom stereocenters. The molecule has 3 nitrogen and oxygen atoms in total. The second-order valence-electron chi connectivity index (χ2n) is 5.15. The number of benzene rings is 1. The lowest BCUT2D eigenvalue weighted by Crippen LogP contribution is -2.38. The largest absolute Gasteiger partial charge is 0.395 e. The summed E-state index contributed by atoms with van der Waals surface area (Å²) in [5.41, 5.74) is 6.66. The van der Waals surface area contributed by atoms with Crippen LogP contribution in [0.3, 0.4) is 0 Å². The van der Waals surface area contributed by atoms with Gasteiger partial charge in [0, 0.05) is 30.7 Å². The molecule has 0 spiro atoms. The number of aliphatic hydroxyl groups excluding tert-OH is 1. The predicted octanol–water partition coefficient (Wildman–Crippen LogP) is 2.70. The molecule has 1 unspecified atom stereocenters. The highest BCUT2D eigenvalue weighted by Crippen LogP contribution is 2.19. The van der Waals surface area contributed by atoms with Crippen LogP contribution in [0.2, 0.25) is 0 Å². The molecule has 0 saturated heterocycles. The maximum Gasteiger partial charge on any atom is 0.127 e. The highest BCUT2D eigenvalue weighted by molar-refractivity contribution is 5.20. The molecule has 114 valence electrons. The van der Waals surface area contributed by atoms with Crippen LogP contribution in [0.4, 0.5) is 4.39 Å². The van der Waals surface area contributed by atoms with Crippen LogP contribution in [0.5, 0.6) is 0 Å². The second kappa shape index (κ2) is 9.06. The van der Waals surface area contributed by atoms with Crippen LogP contribution in [-0.4, -0.2) is 35.7 Å². The zero-order valence-corrected chi connectivity index (χ0v) is 12.6. The van der Waals surface area contributed by atoms with Gasteiger partial charge in [0.25, 0.3) is 0 Å². The van der Waals surface area contributed by atoms with Gasteiger partial charge in [-0.2, -0.15) is 0 Å². The van der Waals surface area contributed by atoms with E-state index in [1.165, 1.54) is 6.07 Å². The fourth-order valence-electron chi connectivity index (χ4n) is 2.65.